The molecule has 2 aromatic rings. The highest BCUT2D eigenvalue weighted by Gasteiger charge is 2.50. The lowest BCUT2D eigenvalue weighted by Crippen LogP contribution is -2.42. The van der Waals surface area contributed by atoms with Gasteiger partial charge in [0, 0.05) is 37.5 Å². The second kappa shape index (κ2) is 9.41. The molecule has 1 atom stereocenters. The van der Waals surface area contributed by atoms with Crippen LogP contribution in [0.25, 0.3) is 11.3 Å². The van der Waals surface area contributed by atoms with Gasteiger partial charge in [0.2, 0.25) is 0 Å². The molecule has 0 bridgehead atoms. The number of aryl methyl sites for hydroxylation is 1. The van der Waals surface area contributed by atoms with Crippen LogP contribution in [0, 0.1) is 6.92 Å². The highest BCUT2D eigenvalue weighted by atomic mass is 19.4. The zero-order valence-corrected chi connectivity index (χ0v) is 19.6. The number of halogens is 3. The van der Waals surface area contributed by atoms with Crippen molar-refractivity contribution < 1.29 is 27.4 Å². The van der Waals surface area contributed by atoms with Crippen molar-refractivity contribution in [3.8, 4) is 17.0 Å². The van der Waals surface area contributed by atoms with E-state index in [0.29, 0.717) is 45.4 Å². The largest absolute Gasteiger partial charge is 0.492 e. The molecule has 11 heteroatoms. The van der Waals surface area contributed by atoms with Crippen molar-refractivity contribution in [3.63, 3.8) is 0 Å². The Kier molecular flexibility index (Phi) is 6.97. The average Bonchev–Trinajstić information content (AvgIpc) is 3.00. The summed E-state index contributed by atoms with van der Waals surface area (Å²) in [7, 11) is 1.41. The molecule has 2 aromatic heterocycles. The van der Waals surface area contributed by atoms with Gasteiger partial charge < -0.3 is 9.47 Å². The number of ether oxygens (including phenoxy) is 2. The van der Waals surface area contributed by atoms with E-state index in [2.05, 4.69) is 16.8 Å². The number of alkyl halides is 3. The van der Waals surface area contributed by atoms with E-state index >= 15 is 0 Å². The molecule has 1 amide bonds. The van der Waals surface area contributed by atoms with Crippen molar-refractivity contribution in [1.29, 1.82) is 0 Å². The molecule has 1 unspecified atom stereocenters. The molecule has 1 aliphatic rings. The van der Waals surface area contributed by atoms with Gasteiger partial charge in [-0.25, -0.2) is 4.98 Å². The SMILES string of the molecule is C=NN(/C=C(\C)N1C(=O)c2c(C)cc(-c3cncc(OCC)c3)nc2C1(C)OC)CC(F)(F)F. The number of amides is 1. The fourth-order valence-corrected chi connectivity index (χ4v) is 3.92. The maximum atomic E-state index is 13.4. The van der Waals surface area contributed by atoms with Crippen molar-refractivity contribution in [3.05, 3.63) is 53.2 Å². The lowest BCUT2D eigenvalue weighted by Gasteiger charge is -2.34. The van der Waals surface area contributed by atoms with E-state index in [9.17, 15) is 18.0 Å². The summed E-state index contributed by atoms with van der Waals surface area (Å²) in [5.74, 6) is 0.134. The Morgan fingerprint density at radius 3 is 2.65 bits per heavy atom. The molecule has 34 heavy (non-hydrogen) atoms. The molecule has 8 nitrogen and oxygen atoms in total. The summed E-state index contributed by atoms with van der Waals surface area (Å²) in [6.45, 7) is 9.08. The van der Waals surface area contributed by atoms with Crippen molar-refractivity contribution >= 4 is 12.6 Å². The average molecular weight is 477 g/mol. The summed E-state index contributed by atoms with van der Waals surface area (Å²) in [6.07, 6.45) is -0.178. The normalized spacial score (nSPS) is 18.2. The Hall–Kier alpha value is -3.47. The molecule has 0 N–H and O–H groups in total. The molecule has 0 saturated carbocycles. The van der Waals surface area contributed by atoms with Crippen LogP contribution in [0.5, 0.6) is 5.75 Å². The zero-order chi connectivity index (χ0) is 25.3. The van der Waals surface area contributed by atoms with Crippen molar-refractivity contribution in [1.82, 2.24) is 19.9 Å². The second-order valence-corrected chi connectivity index (χ2v) is 7.84. The summed E-state index contributed by atoms with van der Waals surface area (Å²) >= 11 is 0. The van der Waals surface area contributed by atoms with Crippen LogP contribution in [0.1, 0.15) is 42.4 Å². The van der Waals surface area contributed by atoms with Crippen LogP contribution in [-0.2, 0) is 10.5 Å². The van der Waals surface area contributed by atoms with Crippen molar-refractivity contribution in [2.24, 2.45) is 5.10 Å². The highest BCUT2D eigenvalue weighted by molar-refractivity contribution is 6.02. The van der Waals surface area contributed by atoms with Crippen LogP contribution in [0.3, 0.4) is 0 Å². The number of pyridine rings is 2. The van der Waals surface area contributed by atoms with E-state index in [4.69, 9.17) is 14.5 Å². The molecular weight excluding hydrogens is 451 g/mol. The second-order valence-electron chi connectivity index (χ2n) is 7.84. The van der Waals surface area contributed by atoms with Crippen molar-refractivity contribution in [2.75, 3.05) is 20.3 Å². The first-order valence-electron chi connectivity index (χ1n) is 10.4. The van der Waals surface area contributed by atoms with Crippen molar-refractivity contribution in [2.45, 2.75) is 39.6 Å². The number of carbonyl (C=O) groups excluding carboxylic acids is 1. The van der Waals surface area contributed by atoms with E-state index in [1.807, 2.05) is 6.92 Å². The van der Waals surface area contributed by atoms with E-state index in [-0.39, 0.29) is 5.70 Å². The fraction of sp³-hybridized carbons (Fsp3) is 0.391. The van der Waals surface area contributed by atoms with E-state index in [1.165, 1.54) is 18.9 Å². The summed E-state index contributed by atoms with van der Waals surface area (Å²) in [5.41, 5.74) is 1.35. The number of hydrogen-bond donors (Lipinski definition) is 0. The predicted octanol–water partition coefficient (Wildman–Crippen LogP) is 4.47. The van der Waals surface area contributed by atoms with Gasteiger partial charge in [-0.15, -0.1) is 0 Å². The van der Waals surface area contributed by atoms with E-state index in [0.717, 1.165) is 6.20 Å². The molecule has 3 heterocycles. The smallest absolute Gasteiger partial charge is 0.408 e. The molecule has 0 aromatic carbocycles. The van der Waals surface area contributed by atoms with Crippen LogP contribution in [-0.4, -0.2) is 58.9 Å². The molecule has 0 fully saturated rings. The van der Waals surface area contributed by atoms with Gasteiger partial charge in [-0.05, 0) is 45.4 Å². The number of carbonyl (C=O) groups is 1. The minimum atomic E-state index is -4.50. The molecule has 0 saturated heterocycles. The third kappa shape index (κ3) is 4.74. The van der Waals surface area contributed by atoms with E-state index in [1.54, 1.807) is 38.4 Å². The number of aromatic nitrogens is 2. The summed E-state index contributed by atoms with van der Waals surface area (Å²) < 4.78 is 49.9. The minimum absolute atomic E-state index is 0.185. The highest BCUT2D eigenvalue weighted by Crippen LogP contribution is 2.43. The van der Waals surface area contributed by atoms with Crippen LogP contribution in [0.2, 0.25) is 0 Å². The third-order valence-electron chi connectivity index (χ3n) is 5.43. The summed E-state index contributed by atoms with van der Waals surface area (Å²) in [5, 5.41) is 4.02. The molecule has 3 rings (SSSR count). The monoisotopic (exact) mass is 477 g/mol. The molecule has 0 radical (unpaired) electrons. The van der Waals surface area contributed by atoms with Gasteiger partial charge >= 0.3 is 6.18 Å². The number of fused-ring (bicyclic) bond motifs is 1. The lowest BCUT2D eigenvalue weighted by molar-refractivity contribution is -0.140. The van der Waals surface area contributed by atoms with Gasteiger partial charge in [-0.1, -0.05) is 0 Å². The Morgan fingerprint density at radius 1 is 1.35 bits per heavy atom. The Morgan fingerprint density at radius 2 is 2.06 bits per heavy atom. The summed E-state index contributed by atoms with van der Waals surface area (Å²) in [6, 6.07) is 3.54. The fourth-order valence-electron chi connectivity index (χ4n) is 3.92. The van der Waals surface area contributed by atoms with E-state index < -0.39 is 24.4 Å². The first-order chi connectivity index (χ1) is 15.9. The maximum Gasteiger partial charge on any atom is 0.408 e. The van der Waals surface area contributed by atoms with Gasteiger partial charge in [0.05, 0.1) is 24.1 Å². The predicted molar refractivity (Wildman–Crippen MR) is 120 cm³/mol. The lowest BCUT2D eigenvalue weighted by atomic mass is 10.0. The first-order valence-corrected chi connectivity index (χ1v) is 10.4. The maximum absolute atomic E-state index is 13.4. The number of nitrogens with zero attached hydrogens (tertiary/aromatic N) is 5. The number of hydrazone groups is 1. The number of allylic oxidation sites excluding steroid dienone is 1. The van der Waals surface area contributed by atoms with Gasteiger partial charge in [0.15, 0.2) is 5.72 Å². The molecule has 0 aliphatic carbocycles. The van der Waals surface area contributed by atoms with Crippen LogP contribution in [0.15, 0.2) is 41.5 Å². The molecule has 182 valence electrons. The minimum Gasteiger partial charge on any atom is -0.492 e. The number of hydrogen-bond acceptors (Lipinski definition) is 7. The molecular formula is C23H26F3N5O3. The zero-order valence-electron chi connectivity index (χ0n) is 19.6. The number of methoxy groups -OCH3 is 1. The van der Waals surface area contributed by atoms with Crippen LogP contribution < -0.4 is 4.74 Å². The van der Waals surface area contributed by atoms with Crippen LogP contribution in [0.4, 0.5) is 13.2 Å². The Bertz CT molecular complexity index is 1140. The van der Waals surface area contributed by atoms with Gasteiger partial charge in [-0.2, -0.15) is 18.3 Å². The topological polar surface area (TPSA) is 80.2 Å². The molecule has 1 aliphatic heterocycles. The first kappa shape index (κ1) is 25.2. The third-order valence-corrected chi connectivity index (χ3v) is 5.43. The van der Waals surface area contributed by atoms with Gasteiger partial charge in [-0.3, -0.25) is 19.7 Å². The quantitative estimate of drug-likeness (QED) is 0.412. The van der Waals surface area contributed by atoms with Gasteiger partial charge in [0.25, 0.3) is 5.91 Å². The number of rotatable bonds is 8. The Labute approximate surface area is 195 Å². The Balaban J connectivity index is 2.09. The van der Waals surface area contributed by atoms with Gasteiger partial charge in [0.1, 0.15) is 18.0 Å². The molecule has 0 spiro atoms. The standard InChI is InChI=1S/C23H26F3N5O3/c1-7-34-17-9-16(10-28-11-17)18-8-14(2)19-20(29-18)22(4,33-6)31(21(19)32)15(3)12-30(27-5)13-23(24,25)26/h8-12H,5,7,13H2,1-4,6H3/b15-12+. The van der Waals surface area contributed by atoms with Crippen LogP contribution >= 0.6 is 0 Å². The summed E-state index contributed by atoms with van der Waals surface area (Å²) in [4.78, 5) is 23.6.